The number of guanidine groups is 1. The van der Waals surface area contributed by atoms with E-state index in [9.17, 15) is 22.4 Å². The van der Waals surface area contributed by atoms with Gasteiger partial charge in [0.2, 0.25) is 11.8 Å². The van der Waals surface area contributed by atoms with E-state index in [1.807, 2.05) is 0 Å². The van der Waals surface area contributed by atoms with Crippen molar-refractivity contribution in [1.29, 1.82) is 0 Å². The highest BCUT2D eigenvalue weighted by Gasteiger charge is 2.38. The number of carbonyl (C=O) groups excluding carboxylic acids is 1. The van der Waals surface area contributed by atoms with Crippen molar-refractivity contribution in [2.24, 2.45) is 13.8 Å². The minimum Gasteiger partial charge on any atom is -0.466 e. The summed E-state index contributed by atoms with van der Waals surface area (Å²) in [5, 5.41) is 3.17. The summed E-state index contributed by atoms with van der Waals surface area (Å²) in [5.41, 5.74) is -0.448. The Morgan fingerprint density at radius 3 is 2.62 bits per heavy atom. The highest BCUT2D eigenvalue weighted by atomic mass is 32.2. The number of amides is 1. The second-order valence-corrected chi connectivity index (χ2v) is 6.77. The van der Waals surface area contributed by atoms with Gasteiger partial charge in [0.05, 0.1) is 12.7 Å². The number of methoxy groups -OCH3 is 1. The summed E-state index contributed by atoms with van der Waals surface area (Å²) in [4.78, 5) is 20.7. The molecule has 0 saturated carbocycles. The molecule has 29 heavy (non-hydrogen) atoms. The summed E-state index contributed by atoms with van der Waals surface area (Å²) in [5.74, 6) is -3.83. The third-order valence-electron chi connectivity index (χ3n) is 3.53. The number of aliphatic imine (C=N–C) groups is 1. The summed E-state index contributed by atoms with van der Waals surface area (Å²) < 4.78 is 69.3. The summed E-state index contributed by atoms with van der Waals surface area (Å²) in [6, 6.07) is 3.14. The molecule has 1 aromatic heterocycles. The van der Waals surface area contributed by atoms with Crippen LogP contribution >= 0.6 is 0 Å². The van der Waals surface area contributed by atoms with Crippen LogP contribution in [-0.4, -0.2) is 53.3 Å². The molecule has 1 atom stereocenters. The molecular weight excluding hydrogens is 420 g/mol. The van der Waals surface area contributed by atoms with Crippen LogP contribution in [0.3, 0.4) is 0 Å². The number of hydrogen-bond acceptors (Lipinski definition) is 8. The molecule has 14 heteroatoms. The minimum absolute atomic E-state index is 0.0221. The molecule has 1 aromatic carbocycles. The molecule has 3 rings (SSSR count). The number of hydrogen-bond donors (Lipinski definition) is 0. The first-order valence-corrected chi connectivity index (χ1v) is 9.23. The van der Waals surface area contributed by atoms with E-state index in [4.69, 9.17) is 4.74 Å². The van der Waals surface area contributed by atoms with Gasteiger partial charge < -0.3 is 9.26 Å². The van der Waals surface area contributed by atoms with Gasteiger partial charge in [-0.15, -0.1) is 0 Å². The molecule has 2 aromatic rings. The van der Waals surface area contributed by atoms with Gasteiger partial charge in [0.15, 0.2) is 0 Å². The molecule has 1 unspecified atom stereocenters. The number of amidine groups is 1. The molecule has 0 saturated heterocycles. The zero-order valence-electron chi connectivity index (χ0n) is 15.1. The standard InChI is InChI=1S/C15H12F4N6O3S/c1-25(13-21-14(27-2)24-29(3)23-13)11(26)8-5-4-7(6-9(8)16)10-20-12(28-22-10)15(17,18)19/h4-6H,1-3H3. The Bertz CT molecular complexity index is 1060. The SMILES string of the molecule is COC1=NC(N(C)C(=O)c2ccc(-c3noc(C(F)(F)F)n3)cc2F)=NS(C)=N1. The normalized spacial score (nSPS) is 16.6. The molecule has 9 nitrogen and oxygen atoms in total. The van der Waals surface area contributed by atoms with Crippen LogP contribution in [0.15, 0.2) is 36.5 Å². The zero-order chi connectivity index (χ0) is 21.3. The summed E-state index contributed by atoms with van der Waals surface area (Å²) in [6.07, 6.45) is -3.16. The maximum Gasteiger partial charge on any atom is 0.471 e. The first-order chi connectivity index (χ1) is 13.6. The second-order valence-electron chi connectivity index (χ2n) is 5.51. The summed E-state index contributed by atoms with van der Waals surface area (Å²) in [7, 11) is 1.86. The van der Waals surface area contributed by atoms with Crippen molar-refractivity contribution < 1.29 is 31.6 Å². The third-order valence-corrected chi connectivity index (χ3v) is 4.38. The Morgan fingerprint density at radius 2 is 2.03 bits per heavy atom. The fourth-order valence-electron chi connectivity index (χ4n) is 2.15. The van der Waals surface area contributed by atoms with Crippen molar-refractivity contribution in [2.75, 3.05) is 20.4 Å². The topological polar surface area (TPSA) is 106 Å². The van der Waals surface area contributed by atoms with Gasteiger partial charge in [0.25, 0.3) is 5.91 Å². The molecule has 0 radical (unpaired) electrons. The van der Waals surface area contributed by atoms with Gasteiger partial charge in [-0.25, -0.2) is 4.39 Å². The van der Waals surface area contributed by atoms with Crippen LogP contribution < -0.4 is 0 Å². The van der Waals surface area contributed by atoms with E-state index in [0.29, 0.717) is 0 Å². The number of rotatable bonds is 2. The van der Waals surface area contributed by atoms with E-state index in [-0.39, 0.29) is 23.1 Å². The average Bonchev–Trinajstić information content (AvgIpc) is 3.17. The molecule has 1 aliphatic heterocycles. The van der Waals surface area contributed by atoms with Crippen LogP contribution in [0.4, 0.5) is 17.6 Å². The lowest BCUT2D eigenvalue weighted by molar-refractivity contribution is -0.159. The molecule has 0 spiro atoms. The highest BCUT2D eigenvalue weighted by molar-refractivity contribution is 7.85. The predicted molar refractivity (Wildman–Crippen MR) is 94.4 cm³/mol. The maximum atomic E-state index is 14.5. The van der Waals surface area contributed by atoms with Gasteiger partial charge in [0, 0.05) is 29.7 Å². The van der Waals surface area contributed by atoms with Crippen molar-refractivity contribution in [3.8, 4) is 11.4 Å². The third kappa shape index (κ3) is 4.31. The van der Waals surface area contributed by atoms with Crippen LogP contribution in [-0.2, 0) is 21.8 Å². The van der Waals surface area contributed by atoms with Gasteiger partial charge in [-0.05, 0) is 12.1 Å². The molecule has 154 valence electrons. The van der Waals surface area contributed by atoms with Gasteiger partial charge in [-0.1, -0.05) is 11.2 Å². The quantitative estimate of drug-likeness (QED) is 0.679. The number of halogens is 4. The first kappa shape index (κ1) is 20.6. The number of nitrogens with zero attached hydrogens (tertiary/aromatic N) is 6. The molecule has 2 heterocycles. The number of ether oxygens (including phenoxy) is 1. The van der Waals surface area contributed by atoms with Gasteiger partial charge in [-0.2, -0.15) is 31.9 Å². The van der Waals surface area contributed by atoms with E-state index >= 15 is 0 Å². The van der Waals surface area contributed by atoms with Gasteiger partial charge in [-0.3, -0.25) is 9.69 Å². The lowest BCUT2D eigenvalue weighted by Crippen LogP contribution is -2.34. The highest BCUT2D eigenvalue weighted by Crippen LogP contribution is 2.29. The first-order valence-electron chi connectivity index (χ1n) is 7.68. The fraction of sp³-hybridized carbons (Fsp3) is 0.267. The molecular formula is C15H12F4N6O3S. The minimum atomic E-state index is -4.82. The van der Waals surface area contributed by atoms with E-state index < -0.39 is 40.5 Å². The summed E-state index contributed by atoms with van der Waals surface area (Å²) in [6.45, 7) is 0. The Kier molecular flexibility index (Phi) is 5.46. The number of carbonyl (C=O) groups is 1. The molecule has 0 aliphatic carbocycles. The fourth-order valence-corrected chi connectivity index (χ4v) is 2.93. The summed E-state index contributed by atoms with van der Waals surface area (Å²) >= 11 is 0. The average molecular weight is 432 g/mol. The lowest BCUT2D eigenvalue weighted by Gasteiger charge is -2.18. The number of benzene rings is 1. The molecule has 1 amide bonds. The van der Waals surface area contributed by atoms with Crippen LogP contribution in [0.2, 0.25) is 0 Å². The van der Waals surface area contributed by atoms with Crippen molar-refractivity contribution in [2.45, 2.75) is 6.18 Å². The largest absolute Gasteiger partial charge is 0.471 e. The van der Waals surface area contributed by atoms with Crippen molar-refractivity contribution >= 4 is 28.8 Å². The second kappa shape index (κ2) is 7.69. The van der Waals surface area contributed by atoms with Crippen LogP contribution in [0, 0.1) is 5.82 Å². The monoisotopic (exact) mass is 432 g/mol. The van der Waals surface area contributed by atoms with Crippen molar-refractivity contribution in [3.63, 3.8) is 0 Å². The maximum absolute atomic E-state index is 14.5. The van der Waals surface area contributed by atoms with E-state index in [1.165, 1.54) is 20.2 Å². The molecule has 0 N–H and O–H groups in total. The molecule has 0 fully saturated rings. The Morgan fingerprint density at radius 1 is 1.31 bits per heavy atom. The lowest BCUT2D eigenvalue weighted by atomic mass is 10.1. The Balaban J connectivity index is 1.87. The van der Waals surface area contributed by atoms with E-state index in [1.54, 1.807) is 6.26 Å². The Labute approximate surface area is 163 Å². The zero-order valence-corrected chi connectivity index (χ0v) is 15.9. The van der Waals surface area contributed by atoms with E-state index in [0.717, 1.165) is 17.0 Å². The van der Waals surface area contributed by atoms with Crippen molar-refractivity contribution in [1.82, 2.24) is 15.0 Å². The van der Waals surface area contributed by atoms with Crippen LogP contribution in [0.5, 0.6) is 0 Å². The molecule has 1 aliphatic rings. The smallest absolute Gasteiger partial charge is 0.466 e. The predicted octanol–water partition coefficient (Wildman–Crippen LogP) is 2.69. The van der Waals surface area contributed by atoms with Crippen LogP contribution in [0.1, 0.15) is 16.2 Å². The Hall–Kier alpha value is -3.16. The van der Waals surface area contributed by atoms with Gasteiger partial charge >= 0.3 is 18.1 Å². The molecule has 0 bridgehead atoms. The van der Waals surface area contributed by atoms with Crippen LogP contribution in [0.25, 0.3) is 11.4 Å². The van der Waals surface area contributed by atoms with Crippen molar-refractivity contribution in [3.05, 3.63) is 35.5 Å². The number of alkyl halides is 3. The van der Waals surface area contributed by atoms with Gasteiger partial charge in [0.1, 0.15) is 5.82 Å². The number of aromatic nitrogens is 2. The van der Waals surface area contributed by atoms with E-state index in [2.05, 4.69) is 28.4 Å².